The lowest BCUT2D eigenvalue weighted by Crippen LogP contribution is -2.24. The molecule has 0 bridgehead atoms. The molecule has 0 aromatic rings. The summed E-state index contributed by atoms with van der Waals surface area (Å²) in [5.41, 5.74) is 0. The van der Waals surface area contributed by atoms with E-state index in [-0.39, 0.29) is 25.7 Å². The summed E-state index contributed by atoms with van der Waals surface area (Å²) < 4.78 is 5.73. The average Bonchev–Trinajstić information content (AvgIpc) is 2.63. The van der Waals surface area contributed by atoms with Gasteiger partial charge in [0.25, 0.3) is 0 Å². The fraction of sp³-hybridized carbons (Fsp3) is 0.952. The molecule has 26 heavy (non-hydrogen) atoms. The van der Waals surface area contributed by atoms with Crippen molar-refractivity contribution >= 4 is 5.97 Å². The third kappa shape index (κ3) is 18.2. The van der Waals surface area contributed by atoms with Crippen LogP contribution in [0.4, 0.5) is 0 Å². The molecule has 0 aliphatic rings. The van der Waals surface area contributed by atoms with Crippen LogP contribution in [0.25, 0.3) is 0 Å². The molecule has 156 valence electrons. The summed E-state index contributed by atoms with van der Waals surface area (Å²) >= 11 is 0. The second kappa shape index (κ2) is 19.1. The van der Waals surface area contributed by atoms with Gasteiger partial charge in [0, 0.05) is 6.42 Å². The molecule has 2 unspecified atom stereocenters. The van der Waals surface area contributed by atoms with E-state index in [1.165, 1.54) is 57.8 Å². The number of hydrogen-bond donors (Lipinski definition) is 3. The molecule has 0 aromatic heterocycles. The molecule has 0 aromatic carbocycles. The fourth-order valence-corrected chi connectivity index (χ4v) is 3.12. The van der Waals surface area contributed by atoms with Crippen LogP contribution in [-0.4, -0.2) is 46.7 Å². The van der Waals surface area contributed by atoms with E-state index in [0.717, 1.165) is 25.7 Å². The first-order valence-corrected chi connectivity index (χ1v) is 10.7. The number of carboxylic acid groups (broad SMARTS) is 1. The molecule has 0 aliphatic carbocycles. The summed E-state index contributed by atoms with van der Waals surface area (Å²) in [6.07, 6.45) is 15.6. The Labute approximate surface area is 160 Å². The first-order chi connectivity index (χ1) is 12.6. The van der Waals surface area contributed by atoms with Crippen LogP contribution in [0.5, 0.6) is 0 Å². The van der Waals surface area contributed by atoms with E-state index in [4.69, 9.17) is 14.9 Å². The van der Waals surface area contributed by atoms with Crippen molar-refractivity contribution in [3.05, 3.63) is 0 Å². The van der Waals surface area contributed by atoms with Crippen molar-refractivity contribution in [2.24, 2.45) is 0 Å². The maximum absolute atomic E-state index is 10.6. The van der Waals surface area contributed by atoms with Crippen molar-refractivity contribution in [2.45, 2.75) is 115 Å². The van der Waals surface area contributed by atoms with Gasteiger partial charge in [0.15, 0.2) is 0 Å². The molecule has 2 atom stereocenters. The van der Waals surface area contributed by atoms with Crippen LogP contribution >= 0.6 is 0 Å². The predicted molar refractivity (Wildman–Crippen MR) is 105 cm³/mol. The van der Waals surface area contributed by atoms with E-state index in [1.54, 1.807) is 0 Å². The van der Waals surface area contributed by atoms with Crippen molar-refractivity contribution in [2.75, 3.05) is 13.2 Å². The summed E-state index contributed by atoms with van der Waals surface area (Å²) in [6.45, 7) is 2.11. The van der Waals surface area contributed by atoms with Crippen LogP contribution in [0.1, 0.15) is 103 Å². The minimum Gasteiger partial charge on any atom is -0.481 e. The number of aliphatic hydroxyl groups is 2. The van der Waals surface area contributed by atoms with Crippen molar-refractivity contribution in [3.8, 4) is 0 Å². The Morgan fingerprint density at radius 1 is 0.846 bits per heavy atom. The molecule has 3 N–H and O–H groups in total. The number of aliphatic hydroxyl groups excluding tert-OH is 2. The van der Waals surface area contributed by atoms with Crippen LogP contribution in [0.3, 0.4) is 0 Å². The summed E-state index contributed by atoms with van der Waals surface area (Å²) in [7, 11) is 0. The molecule has 0 fully saturated rings. The average molecular weight is 375 g/mol. The molecule has 0 saturated heterocycles. The molecule has 0 rings (SSSR count). The van der Waals surface area contributed by atoms with E-state index >= 15 is 0 Å². The minimum atomic E-state index is -0.829. The zero-order chi connectivity index (χ0) is 19.5. The maximum Gasteiger partial charge on any atom is 0.303 e. The largest absolute Gasteiger partial charge is 0.481 e. The Hall–Kier alpha value is -0.650. The van der Waals surface area contributed by atoms with Gasteiger partial charge >= 0.3 is 5.97 Å². The zero-order valence-corrected chi connectivity index (χ0v) is 16.8. The van der Waals surface area contributed by atoms with E-state index in [0.29, 0.717) is 6.42 Å². The monoisotopic (exact) mass is 374 g/mol. The van der Waals surface area contributed by atoms with E-state index < -0.39 is 12.1 Å². The normalized spacial score (nSPS) is 13.7. The molecular weight excluding hydrogens is 332 g/mol. The first-order valence-electron chi connectivity index (χ1n) is 10.7. The highest BCUT2D eigenvalue weighted by Gasteiger charge is 2.12. The second-order valence-corrected chi connectivity index (χ2v) is 7.40. The molecule has 0 radical (unpaired) electrons. The number of carboxylic acids is 1. The van der Waals surface area contributed by atoms with Crippen LogP contribution in [0, 0.1) is 0 Å². The van der Waals surface area contributed by atoms with Crippen LogP contribution in [0.15, 0.2) is 0 Å². The Bertz CT molecular complexity index is 309. The Morgan fingerprint density at radius 2 is 1.35 bits per heavy atom. The number of hydrogen-bond acceptors (Lipinski definition) is 4. The zero-order valence-electron chi connectivity index (χ0n) is 16.8. The van der Waals surface area contributed by atoms with E-state index in [2.05, 4.69) is 6.92 Å². The summed E-state index contributed by atoms with van der Waals surface area (Å²) in [5, 5.41) is 27.0. The Balaban J connectivity index is 3.75. The predicted octanol–water partition coefficient (Wildman–Crippen LogP) is 4.68. The number of carbonyl (C=O) groups is 1. The van der Waals surface area contributed by atoms with Gasteiger partial charge in [-0.1, -0.05) is 77.6 Å². The molecule has 0 spiro atoms. The first kappa shape index (κ1) is 25.4. The Kier molecular flexibility index (Phi) is 18.6. The molecular formula is C21H42O5. The summed E-state index contributed by atoms with van der Waals surface area (Å²) in [5.74, 6) is -0.757. The van der Waals surface area contributed by atoms with Gasteiger partial charge in [-0.25, -0.2) is 0 Å². The maximum atomic E-state index is 10.6. The lowest BCUT2D eigenvalue weighted by Gasteiger charge is -2.19. The van der Waals surface area contributed by atoms with Gasteiger partial charge in [0.2, 0.25) is 0 Å². The molecule has 0 amide bonds. The molecule has 0 aliphatic heterocycles. The number of rotatable bonds is 20. The van der Waals surface area contributed by atoms with Gasteiger partial charge < -0.3 is 20.1 Å². The smallest absolute Gasteiger partial charge is 0.303 e. The topological polar surface area (TPSA) is 87.0 Å². The minimum absolute atomic E-state index is 0.0547. The number of aliphatic carboxylic acids is 1. The van der Waals surface area contributed by atoms with Gasteiger partial charge in [-0.3, -0.25) is 4.79 Å². The quantitative estimate of drug-likeness (QED) is 0.269. The molecule has 5 heteroatoms. The number of ether oxygens (including phenoxy) is 1. The van der Waals surface area contributed by atoms with Crippen LogP contribution in [-0.2, 0) is 9.53 Å². The highest BCUT2D eigenvalue weighted by Crippen LogP contribution is 2.16. The Morgan fingerprint density at radius 3 is 1.85 bits per heavy atom. The summed E-state index contributed by atoms with van der Waals surface area (Å²) in [6, 6.07) is 0. The van der Waals surface area contributed by atoms with Gasteiger partial charge in [-0.15, -0.1) is 0 Å². The second-order valence-electron chi connectivity index (χ2n) is 7.40. The fourth-order valence-electron chi connectivity index (χ4n) is 3.12. The third-order valence-corrected chi connectivity index (χ3v) is 4.78. The molecule has 5 nitrogen and oxygen atoms in total. The highest BCUT2D eigenvalue weighted by molar-refractivity contribution is 5.66. The van der Waals surface area contributed by atoms with Crippen LogP contribution < -0.4 is 0 Å². The van der Waals surface area contributed by atoms with Gasteiger partial charge in [-0.05, 0) is 19.3 Å². The van der Waals surface area contributed by atoms with E-state index in [1.807, 2.05) is 0 Å². The van der Waals surface area contributed by atoms with Gasteiger partial charge in [0.05, 0.1) is 19.3 Å². The van der Waals surface area contributed by atoms with Gasteiger partial charge in [-0.2, -0.15) is 0 Å². The lowest BCUT2D eigenvalue weighted by molar-refractivity contribution is -0.137. The van der Waals surface area contributed by atoms with Crippen LogP contribution in [0.2, 0.25) is 0 Å². The summed E-state index contributed by atoms with van der Waals surface area (Å²) in [4.78, 5) is 10.6. The van der Waals surface area contributed by atoms with Crippen molar-refractivity contribution in [3.63, 3.8) is 0 Å². The highest BCUT2D eigenvalue weighted by atomic mass is 16.5. The van der Waals surface area contributed by atoms with E-state index in [9.17, 15) is 9.90 Å². The SMILES string of the molecule is CCCCCCCCCCCCC(CCCCC(=O)O)OCC(O)CO. The molecule has 0 saturated carbocycles. The lowest BCUT2D eigenvalue weighted by atomic mass is 10.0. The standard InChI is InChI=1S/C21H42O5/c1-2-3-4-5-6-7-8-9-10-11-14-20(26-18-19(23)17-22)15-12-13-16-21(24)25/h19-20,22-23H,2-18H2,1H3,(H,24,25). The number of unbranched alkanes of at least 4 members (excludes halogenated alkanes) is 10. The third-order valence-electron chi connectivity index (χ3n) is 4.78. The van der Waals surface area contributed by atoms with Crippen molar-refractivity contribution in [1.82, 2.24) is 0 Å². The van der Waals surface area contributed by atoms with Gasteiger partial charge in [0.1, 0.15) is 6.10 Å². The van der Waals surface area contributed by atoms with Crippen molar-refractivity contribution < 1.29 is 24.9 Å². The molecule has 0 heterocycles. The van der Waals surface area contributed by atoms with Crippen molar-refractivity contribution in [1.29, 1.82) is 0 Å².